The Morgan fingerprint density at radius 2 is 2.19 bits per heavy atom. The lowest BCUT2D eigenvalue weighted by Gasteiger charge is -2.06. The molecule has 1 heterocycles. The van der Waals surface area contributed by atoms with E-state index >= 15 is 0 Å². The highest BCUT2D eigenvalue weighted by Crippen LogP contribution is 2.21. The van der Waals surface area contributed by atoms with E-state index in [0.29, 0.717) is 0 Å². The van der Waals surface area contributed by atoms with Crippen molar-refractivity contribution in [2.75, 3.05) is 5.75 Å². The van der Waals surface area contributed by atoms with Crippen LogP contribution in [0.3, 0.4) is 0 Å². The molecule has 90 valence electrons. The van der Waals surface area contributed by atoms with Crippen molar-refractivity contribution >= 4 is 17.7 Å². The average molecular weight is 256 g/mol. The second-order valence-corrected chi connectivity index (χ2v) is 3.67. The molecule has 0 bridgehead atoms. The lowest BCUT2D eigenvalue weighted by molar-refractivity contribution is -0.137. The lowest BCUT2D eigenvalue weighted by Crippen LogP contribution is -2.14. The molecule has 0 unspecified atom stereocenters. The van der Waals surface area contributed by atoms with E-state index in [0.717, 1.165) is 16.4 Å². The minimum Gasteiger partial charge on any atom is -0.481 e. The van der Waals surface area contributed by atoms with Gasteiger partial charge in [-0.25, -0.2) is 4.68 Å². The molecule has 1 aromatic rings. The Balaban J connectivity index is 2.53. The highest BCUT2D eigenvalue weighted by Gasteiger charge is 2.27. The first-order valence-corrected chi connectivity index (χ1v) is 5.04. The van der Waals surface area contributed by atoms with Crippen LogP contribution in [0.5, 0.6) is 0 Å². The molecule has 0 aromatic carbocycles. The summed E-state index contributed by atoms with van der Waals surface area (Å²) in [6, 6.07) is 0. The Labute approximate surface area is 91.8 Å². The summed E-state index contributed by atoms with van der Waals surface area (Å²) < 4.78 is 36.7. The van der Waals surface area contributed by atoms with Crippen LogP contribution in [0.4, 0.5) is 13.2 Å². The number of aromatic nitrogens is 4. The van der Waals surface area contributed by atoms with Crippen LogP contribution in [-0.4, -0.2) is 43.2 Å². The minimum atomic E-state index is -4.29. The molecule has 0 aliphatic heterocycles. The third-order valence-electron chi connectivity index (χ3n) is 1.43. The lowest BCUT2D eigenvalue weighted by atomic mass is 10.4. The van der Waals surface area contributed by atoms with Crippen LogP contribution >= 0.6 is 11.8 Å². The Morgan fingerprint density at radius 3 is 2.75 bits per heavy atom. The van der Waals surface area contributed by atoms with Crippen molar-refractivity contribution in [2.24, 2.45) is 0 Å². The van der Waals surface area contributed by atoms with Gasteiger partial charge in [0, 0.05) is 0 Å². The summed E-state index contributed by atoms with van der Waals surface area (Å²) in [6.07, 6.45) is -5.35. The molecule has 6 nitrogen and oxygen atoms in total. The number of hydrogen-bond acceptors (Lipinski definition) is 5. The van der Waals surface area contributed by atoms with Crippen LogP contribution in [0.2, 0.25) is 0 Å². The summed E-state index contributed by atoms with van der Waals surface area (Å²) >= 11 is 0.772. The van der Waals surface area contributed by atoms with Gasteiger partial charge in [-0.15, -0.1) is 5.10 Å². The number of tetrazole rings is 1. The first-order valence-electron chi connectivity index (χ1n) is 4.06. The molecule has 0 saturated heterocycles. The first-order chi connectivity index (χ1) is 7.38. The van der Waals surface area contributed by atoms with E-state index in [1.165, 1.54) is 0 Å². The number of hydrogen-bond donors (Lipinski definition) is 1. The van der Waals surface area contributed by atoms with E-state index in [4.69, 9.17) is 5.11 Å². The fourth-order valence-corrected chi connectivity index (χ4v) is 1.42. The van der Waals surface area contributed by atoms with Crippen LogP contribution in [0.25, 0.3) is 0 Å². The zero-order valence-electron chi connectivity index (χ0n) is 7.81. The van der Waals surface area contributed by atoms with E-state index in [2.05, 4.69) is 15.5 Å². The summed E-state index contributed by atoms with van der Waals surface area (Å²) in [6.45, 7) is -0.418. The maximum absolute atomic E-state index is 11.9. The largest absolute Gasteiger partial charge is 0.481 e. The predicted octanol–water partition coefficient (Wildman–Crippen LogP) is 0.802. The van der Waals surface area contributed by atoms with Gasteiger partial charge in [0.2, 0.25) is 5.16 Å². The number of aliphatic carboxylic acids is 1. The third kappa shape index (κ3) is 4.47. The van der Waals surface area contributed by atoms with E-state index in [9.17, 15) is 18.0 Å². The molecule has 1 rings (SSSR count). The number of thioether (sulfide) groups is 1. The molecule has 1 aromatic heterocycles. The molecule has 0 atom stereocenters. The van der Waals surface area contributed by atoms with Gasteiger partial charge in [-0.05, 0) is 10.4 Å². The average Bonchev–Trinajstić information content (AvgIpc) is 2.57. The number of aryl methyl sites for hydroxylation is 1. The van der Waals surface area contributed by atoms with Gasteiger partial charge in [0.1, 0.15) is 0 Å². The maximum atomic E-state index is 11.9. The van der Waals surface area contributed by atoms with Crippen LogP contribution in [0.15, 0.2) is 5.16 Å². The Hall–Kier alpha value is -1.32. The van der Waals surface area contributed by atoms with Gasteiger partial charge in [0.05, 0.1) is 18.7 Å². The van der Waals surface area contributed by atoms with Crippen molar-refractivity contribution in [2.45, 2.75) is 24.3 Å². The number of alkyl halides is 3. The van der Waals surface area contributed by atoms with Crippen LogP contribution in [0.1, 0.15) is 6.42 Å². The molecule has 16 heavy (non-hydrogen) atoms. The van der Waals surface area contributed by atoms with Gasteiger partial charge in [-0.2, -0.15) is 13.2 Å². The zero-order chi connectivity index (χ0) is 12.2. The summed E-state index contributed by atoms with van der Waals surface area (Å²) in [5, 5.41) is 18.4. The number of carbonyl (C=O) groups is 1. The van der Waals surface area contributed by atoms with Gasteiger partial charge in [-0.3, -0.25) is 4.79 Å². The summed E-state index contributed by atoms with van der Waals surface area (Å²) in [5.74, 6) is -1.39. The normalized spacial score (nSPS) is 11.7. The van der Waals surface area contributed by atoms with Crippen molar-refractivity contribution in [3.8, 4) is 0 Å². The summed E-state index contributed by atoms with van der Waals surface area (Å²) in [5.41, 5.74) is 0. The maximum Gasteiger partial charge on any atom is 0.390 e. The van der Waals surface area contributed by atoms with E-state index in [1.807, 2.05) is 0 Å². The Bertz CT molecular complexity index is 367. The van der Waals surface area contributed by atoms with Gasteiger partial charge in [0.25, 0.3) is 0 Å². The van der Waals surface area contributed by atoms with Crippen molar-refractivity contribution < 1.29 is 23.1 Å². The molecular formula is C6H7F3N4O2S. The topological polar surface area (TPSA) is 80.9 Å². The van der Waals surface area contributed by atoms with Crippen LogP contribution < -0.4 is 0 Å². The fourth-order valence-electron chi connectivity index (χ4n) is 0.799. The number of rotatable bonds is 5. The van der Waals surface area contributed by atoms with E-state index < -0.39 is 25.1 Å². The van der Waals surface area contributed by atoms with Gasteiger partial charge < -0.3 is 5.11 Å². The van der Waals surface area contributed by atoms with Gasteiger partial charge in [0.15, 0.2) is 0 Å². The van der Waals surface area contributed by atoms with Crippen LogP contribution in [-0.2, 0) is 11.3 Å². The summed E-state index contributed by atoms with van der Waals surface area (Å²) in [4.78, 5) is 10.2. The predicted molar refractivity (Wildman–Crippen MR) is 46.8 cm³/mol. The van der Waals surface area contributed by atoms with Crippen molar-refractivity contribution in [1.29, 1.82) is 0 Å². The highest BCUT2D eigenvalue weighted by molar-refractivity contribution is 7.99. The highest BCUT2D eigenvalue weighted by atomic mass is 32.2. The first kappa shape index (κ1) is 12.7. The van der Waals surface area contributed by atoms with Gasteiger partial charge >= 0.3 is 12.1 Å². The quantitative estimate of drug-likeness (QED) is 0.785. The number of carboxylic acid groups (broad SMARTS) is 1. The fraction of sp³-hybridized carbons (Fsp3) is 0.667. The zero-order valence-corrected chi connectivity index (χ0v) is 8.62. The SMILES string of the molecule is O=C(O)CSc1nnnn1CCC(F)(F)F. The molecule has 0 radical (unpaired) electrons. The molecule has 0 fully saturated rings. The second kappa shape index (κ2) is 5.14. The number of halogens is 3. The number of carboxylic acids is 1. The monoisotopic (exact) mass is 256 g/mol. The molecule has 0 spiro atoms. The molecule has 0 saturated carbocycles. The smallest absolute Gasteiger partial charge is 0.390 e. The van der Waals surface area contributed by atoms with Crippen LogP contribution in [0, 0.1) is 0 Å². The molecule has 10 heteroatoms. The third-order valence-corrected chi connectivity index (χ3v) is 2.37. The molecule has 0 aliphatic rings. The van der Waals surface area contributed by atoms with Crippen molar-refractivity contribution in [3.05, 3.63) is 0 Å². The molecule has 0 aliphatic carbocycles. The Morgan fingerprint density at radius 1 is 1.50 bits per heavy atom. The molecule has 0 amide bonds. The Kier molecular flexibility index (Phi) is 4.10. The van der Waals surface area contributed by atoms with E-state index in [-0.39, 0.29) is 10.9 Å². The molecular weight excluding hydrogens is 249 g/mol. The standard InChI is InChI=1S/C6H7F3N4O2S/c7-6(8,9)1-2-13-5(10-11-12-13)16-3-4(14)15/h1-3H2,(H,14,15). The molecule has 1 N–H and O–H groups in total. The summed E-state index contributed by atoms with van der Waals surface area (Å²) in [7, 11) is 0. The minimum absolute atomic E-state index is 0.0617. The van der Waals surface area contributed by atoms with Crippen molar-refractivity contribution in [3.63, 3.8) is 0 Å². The second-order valence-electron chi connectivity index (χ2n) is 2.73. The van der Waals surface area contributed by atoms with E-state index in [1.54, 1.807) is 0 Å². The van der Waals surface area contributed by atoms with Crippen molar-refractivity contribution in [1.82, 2.24) is 20.2 Å². The van der Waals surface area contributed by atoms with Gasteiger partial charge in [-0.1, -0.05) is 11.8 Å². The number of nitrogens with zero attached hydrogens (tertiary/aromatic N) is 4.